The quantitative estimate of drug-likeness (QED) is 0.582. The van der Waals surface area contributed by atoms with Gasteiger partial charge in [0.2, 0.25) is 0 Å². The minimum absolute atomic E-state index is 0.0480. The first-order chi connectivity index (χ1) is 8.62. The lowest BCUT2D eigenvalue weighted by molar-refractivity contribution is 0.0609. The van der Waals surface area contributed by atoms with Crippen molar-refractivity contribution >= 4 is 0 Å². The van der Waals surface area contributed by atoms with Gasteiger partial charge < -0.3 is 4.74 Å². The van der Waals surface area contributed by atoms with Gasteiger partial charge in [-0.25, -0.2) is 8.78 Å². The molecule has 1 aromatic carbocycles. The Hall–Kier alpha value is -1.04. The van der Waals surface area contributed by atoms with Crippen LogP contribution < -0.4 is 11.3 Å². The predicted molar refractivity (Wildman–Crippen MR) is 66.9 cm³/mol. The number of hydrogen-bond donors (Lipinski definition) is 2. The number of nitrogens with two attached hydrogens (primary N) is 1. The van der Waals surface area contributed by atoms with E-state index in [9.17, 15) is 8.78 Å². The minimum Gasteiger partial charge on any atom is -0.380 e. The standard InChI is InChI=1S/C13H20F2N2O/c1-3-4-13(18-2)12(17-16)8-9-5-6-10(14)11(15)7-9/h5-7,12-13,17H,3-4,8,16H2,1-2H3. The Morgan fingerprint density at radius 2 is 2.06 bits per heavy atom. The molecule has 0 heterocycles. The molecular weight excluding hydrogens is 238 g/mol. The van der Waals surface area contributed by atoms with Crippen LogP contribution in [0.15, 0.2) is 18.2 Å². The zero-order valence-electron chi connectivity index (χ0n) is 10.7. The van der Waals surface area contributed by atoms with Crippen LogP contribution in [0.3, 0.4) is 0 Å². The first-order valence-electron chi connectivity index (χ1n) is 6.05. The van der Waals surface area contributed by atoms with Crippen molar-refractivity contribution in [3.05, 3.63) is 35.4 Å². The molecule has 18 heavy (non-hydrogen) atoms. The molecule has 2 unspecified atom stereocenters. The van der Waals surface area contributed by atoms with Crippen LogP contribution in [0.25, 0.3) is 0 Å². The molecule has 3 N–H and O–H groups in total. The average molecular weight is 258 g/mol. The van der Waals surface area contributed by atoms with Gasteiger partial charge in [-0.15, -0.1) is 0 Å². The van der Waals surface area contributed by atoms with Crippen molar-refractivity contribution in [3.8, 4) is 0 Å². The van der Waals surface area contributed by atoms with E-state index in [4.69, 9.17) is 10.6 Å². The third kappa shape index (κ3) is 4.01. The number of hydrogen-bond acceptors (Lipinski definition) is 3. The second-order valence-electron chi connectivity index (χ2n) is 4.29. The Labute approximate surface area is 106 Å². The molecule has 1 rings (SSSR count). The van der Waals surface area contributed by atoms with E-state index in [1.165, 1.54) is 6.07 Å². The van der Waals surface area contributed by atoms with E-state index in [2.05, 4.69) is 12.3 Å². The van der Waals surface area contributed by atoms with Crippen molar-refractivity contribution in [1.82, 2.24) is 5.43 Å². The molecule has 0 aliphatic heterocycles. The fourth-order valence-corrected chi connectivity index (χ4v) is 1.99. The van der Waals surface area contributed by atoms with E-state index in [0.717, 1.165) is 18.9 Å². The van der Waals surface area contributed by atoms with Gasteiger partial charge in [0.05, 0.1) is 12.1 Å². The highest BCUT2D eigenvalue weighted by Crippen LogP contribution is 2.14. The molecule has 0 fully saturated rings. The van der Waals surface area contributed by atoms with Crippen molar-refractivity contribution in [1.29, 1.82) is 0 Å². The summed E-state index contributed by atoms with van der Waals surface area (Å²) in [6, 6.07) is 3.75. The highest BCUT2D eigenvalue weighted by atomic mass is 19.2. The zero-order chi connectivity index (χ0) is 13.5. The van der Waals surface area contributed by atoms with E-state index >= 15 is 0 Å². The van der Waals surface area contributed by atoms with E-state index in [1.54, 1.807) is 13.2 Å². The van der Waals surface area contributed by atoms with Crippen LogP contribution >= 0.6 is 0 Å². The third-order valence-corrected chi connectivity index (χ3v) is 2.98. The number of halogens is 2. The predicted octanol–water partition coefficient (Wildman–Crippen LogP) is 2.15. The molecule has 0 saturated heterocycles. The Kier molecular flexibility index (Phi) is 6.18. The molecule has 0 radical (unpaired) electrons. The number of nitrogens with one attached hydrogen (secondary N) is 1. The van der Waals surface area contributed by atoms with Crippen LogP contribution in [0.1, 0.15) is 25.3 Å². The van der Waals surface area contributed by atoms with Gasteiger partial charge in [0.1, 0.15) is 0 Å². The van der Waals surface area contributed by atoms with Crippen LogP contribution in [-0.2, 0) is 11.2 Å². The second-order valence-corrected chi connectivity index (χ2v) is 4.29. The molecule has 0 aliphatic rings. The van der Waals surface area contributed by atoms with Crippen LogP contribution in [0.2, 0.25) is 0 Å². The Morgan fingerprint density at radius 3 is 2.56 bits per heavy atom. The molecule has 2 atom stereocenters. The van der Waals surface area contributed by atoms with Gasteiger partial charge in [0.15, 0.2) is 11.6 Å². The number of rotatable bonds is 7. The van der Waals surface area contributed by atoms with Crippen LogP contribution in [0, 0.1) is 11.6 Å². The summed E-state index contributed by atoms with van der Waals surface area (Å²) in [5.41, 5.74) is 3.37. The number of hydrazine groups is 1. The number of benzene rings is 1. The summed E-state index contributed by atoms with van der Waals surface area (Å²) < 4.78 is 31.3. The molecule has 0 saturated carbocycles. The van der Waals surface area contributed by atoms with Gasteiger partial charge >= 0.3 is 0 Å². The molecule has 3 nitrogen and oxygen atoms in total. The summed E-state index contributed by atoms with van der Waals surface area (Å²) in [4.78, 5) is 0. The van der Waals surface area contributed by atoms with Gasteiger partial charge in [-0.3, -0.25) is 11.3 Å². The lowest BCUT2D eigenvalue weighted by atomic mass is 9.98. The van der Waals surface area contributed by atoms with E-state index in [-0.39, 0.29) is 12.1 Å². The summed E-state index contributed by atoms with van der Waals surface area (Å²) >= 11 is 0. The van der Waals surface area contributed by atoms with Gasteiger partial charge in [-0.1, -0.05) is 19.4 Å². The fourth-order valence-electron chi connectivity index (χ4n) is 1.99. The molecule has 0 aliphatic carbocycles. The van der Waals surface area contributed by atoms with Crippen LogP contribution in [-0.4, -0.2) is 19.3 Å². The number of ether oxygens (including phenoxy) is 1. The van der Waals surface area contributed by atoms with Crippen molar-refractivity contribution in [2.45, 2.75) is 38.3 Å². The summed E-state index contributed by atoms with van der Waals surface area (Å²) in [5.74, 6) is 3.82. The van der Waals surface area contributed by atoms with Crippen LogP contribution in [0.4, 0.5) is 8.78 Å². The maximum Gasteiger partial charge on any atom is 0.159 e. The van der Waals surface area contributed by atoms with Crippen molar-refractivity contribution in [3.63, 3.8) is 0 Å². The Bertz CT molecular complexity index is 374. The SMILES string of the molecule is CCCC(OC)C(Cc1ccc(F)c(F)c1)NN. The van der Waals surface area contributed by atoms with Gasteiger partial charge in [0, 0.05) is 7.11 Å². The maximum absolute atomic E-state index is 13.1. The molecule has 0 bridgehead atoms. The first-order valence-corrected chi connectivity index (χ1v) is 6.05. The highest BCUT2D eigenvalue weighted by molar-refractivity contribution is 5.19. The fraction of sp³-hybridized carbons (Fsp3) is 0.538. The third-order valence-electron chi connectivity index (χ3n) is 2.98. The summed E-state index contributed by atoms with van der Waals surface area (Å²) in [6.07, 6.45) is 2.27. The Morgan fingerprint density at radius 1 is 1.33 bits per heavy atom. The highest BCUT2D eigenvalue weighted by Gasteiger charge is 2.20. The van der Waals surface area contributed by atoms with E-state index < -0.39 is 11.6 Å². The van der Waals surface area contributed by atoms with Gasteiger partial charge in [0.25, 0.3) is 0 Å². The monoisotopic (exact) mass is 258 g/mol. The zero-order valence-corrected chi connectivity index (χ0v) is 10.7. The lowest BCUT2D eigenvalue weighted by Crippen LogP contribution is -2.46. The van der Waals surface area contributed by atoms with Crippen LogP contribution in [0.5, 0.6) is 0 Å². The van der Waals surface area contributed by atoms with E-state index in [0.29, 0.717) is 12.0 Å². The summed E-state index contributed by atoms with van der Waals surface area (Å²) in [7, 11) is 1.62. The molecule has 5 heteroatoms. The van der Waals surface area contributed by atoms with Crippen molar-refractivity contribution < 1.29 is 13.5 Å². The van der Waals surface area contributed by atoms with Crippen molar-refractivity contribution in [2.24, 2.45) is 5.84 Å². The van der Waals surface area contributed by atoms with Gasteiger partial charge in [-0.2, -0.15) is 0 Å². The first kappa shape index (κ1) is 15.0. The molecule has 102 valence electrons. The smallest absolute Gasteiger partial charge is 0.159 e. The molecule has 0 spiro atoms. The normalized spacial score (nSPS) is 14.5. The lowest BCUT2D eigenvalue weighted by Gasteiger charge is -2.25. The maximum atomic E-state index is 13.1. The topological polar surface area (TPSA) is 47.3 Å². The largest absolute Gasteiger partial charge is 0.380 e. The molecule has 0 aromatic heterocycles. The van der Waals surface area contributed by atoms with Gasteiger partial charge in [-0.05, 0) is 30.5 Å². The van der Waals surface area contributed by atoms with E-state index in [1.807, 2.05) is 0 Å². The second kappa shape index (κ2) is 7.41. The molecular formula is C13H20F2N2O. The van der Waals surface area contributed by atoms with Crippen molar-refractivity contribution in [2.75, 3.05) is 7.11 Å². The average Bonchev–Trinajstić information content (AvgIpc) is 2.37. The minimum atomic E-state index is -0.840. The number of methoxy groups -OCH3 is 1. The Balaban J connectivity index is 2.74. The summed E-state index contributed by atoms with van der Waals surface area (Å²) in [6.45, 7) is 2.05. The summed E-state index contributed by atoms with van der Waals surface area (Å²) in [5, 5.41) is 0. The molecule has 1 aromatic rings. The molecule has 0 amide bonds.